The zero-order valence-corrected chi connectivity index (χ0v) is 23.9. The summed E-state index contributed by atoms with van der Waals surface area (Å²) in [7, 11) is 0. The molecule has 0 aliphatic heterocycles. The minimum Gasteiger partial charge on any atom is -0.0654 e. The molecule has 7 unspecified atom stereocenters. The van der Waals surface area contributed by atoms with Crippen molar-refractivity contribution in [2.24, 2.45) is 59.2 Å². The van der Waals surface area contributed by atoms with Gasteiger partial charge in [0.25, 0.3) is 0 Å². The van der Waals surface area contributed by atoms with E-state index in [-0.39, 0.29) is 0 Å². The highest BCUT2D eigenvalue weighted by Gasteiger charge is 2.42. The van der Waals surface area contributed by atoms with E-state index in [4.69, 9.17) is 0 Å². The second-order valence-corrected chi connectivity index (χ2v) is 14.5. The minimum atomic E-state index is 0.934. The Bertz CT molecular complexity index is 550. The highest BCUT2D eigenvalue weighted by molar-refractivity contribution is 4.93. The molecule has 0 bridgehead atoms. The maximum Gasteiger partial charge on any atom is -0.0352 e. The third-order valence-corrected chi connectivity index (χ3v) is 12.1. The molecule has 4 saturated carbocycles. The van der Waals surface area contributed by atoms with Gasteiger partial charge in [-0.3, -0.25) is 0 Å². The topological polar surface area (TPSA) is 0 Å². The second kappa shape index (κ2) is 13.5. The lowest BCUT2D eigenvalue weighted by Crippen LogP contribution is -2.29. The summed E-state index contributed by atoms with van der Waals surface area (Å²) >= 11 is 0. The normalized spacial score (nSPS) is 37.8. The summed E-state index contributed by atoms with van der Waals surface area (Å²) in [5.41, 5.74) is 0. The van der Waals surface area contributed by atoms with Crippen LogP contribution < -0.4 is 0 Å². The lowest BCUT2D eigenvalue weighted by molar-refractivity contribution is 0.113. The van der Waals surface area contributed by atoms with Gasteiger partial charge >= 0.3 is 0 Å². The summed E-state index contributed by atoms with van der Waals surface area (Å²) in [4.78, 5) is 0. The van der Waals surface area contributed by atoms with E-state index >= 15 is 0 Å². The maximum atomic E-state index is 2.66. The van der Waals surface area contributed by atoms with Crippen molar-refractivity contribution in [3.8, 4) is 0 Å². The van der Waals surface area contributed by atoms with Gasteiger partial charge in [-0.1, -0.05) is 118 Å². The number of rotatable bonds is 11. The summed E-state index contributed by atoms with van der Waals surface area (Å²) in [5, 5.41) is 0. The summed E-state index contributed by atoms with van der Waals surface area (Å²) in [6.07, 6.45) is 30.7. The van der Waals surface area contributed by atoms with E-state index in [2.05, 4.69) is 27.7 Å². The highest BCUT2D eigenvalue weighted by atomic mass is 14.5. The monoisotopic (exact) mass is 470 g/mol. The molecule has 0 amide bonds. The first-order chi connectivity index (χ1) is 16.5. The van der Waals surface area contributed by atoms with Crippen LogP contribution in [-0.4, -0.2) is 0 Å². The highest BCUT2D eigenvalue weighted by Crippen LogP contribution is 2.52. The Labute approximate surface area is 215 Å². The molecule has 4 fully saturated rings. The van der Waals surface area contributed by atoms with Crippen molar-refractivity contribution in [2.45, 2.75) is 156 Å². The quantitative estimate of drug-likeness (QED) is 0.281. The fourth-order valence-electron chi connectivity index (χ4n) is 9.62. The summed E-state index contributed by atoms with van der Waals surface area (Å²) in [6, 6.07) is 0. The molecule has 7 atom stereocenters. The fourth-order valence-corrected chi connectivity index (χ4v) is 9.62. The van der Waals surface area contributed by atoms with Crippen molar-refractivity contribution < 1.29 is 0 Å². The standard InChI is InChI=1S/C34H62/c1-5-9-28-14-16-30(17-15-28)23-31-18-19-32-20-21-33(34(32)24-31)26(3)13-12-25(2)27(4)22-29-10-7-6-8-11-29/h25-34H,5-24H2,1-4H3. The summed E-state index contributed by atoms with van der Waals surface area (Å²) in [6.45, 7) is 10.2. The van der Waals surface area contributed by atoms with Gasteiger partial charge < -0.3 is 0 Å². The van der Waals surface area contributed by atoms with Crippen LogP contribution in [0.1, 0.15) is 156 Å². The average molecular weight is 471 g/mol. The van der Waals surface area contributed by atoms with Crippen LogP contribution >= 0.6 is 0 Å². The molecular formula is C34H62. The molecule has 0 spiro atoms. The first kappa shape index (κ1) is 27.0. The van der Waals surface area contributed by atoms with Crippen molar-refractivity contribution in [2.75, 3.05) is 0 Å². The number of hydrogen-bond acceptors (Lipinski definition) is 0. The van der Waals surface area contributed by atoms with Crippen LogP contribution in [0, 0.1) is 59.2 Å². The van der Waals surface area contributed by atoms with Crippen molar-refractivity contribution in [3.63, 3.8) is 0 Å². The van der Waals surface area contributed by atoms with Crippen LogP contribution in [0.25, 0.3) is 0 Å². The average Bonchev–Trinajstić information content (AvgIpc) is 3.28. The van der Waals surface area contributed by atoms with Crippen molar-refractivity contribution >= 4 is 0 Å². The molecular weight excluding hydrogens is 408 g/mol. The van der Waals surface area contributed by atoms with Crippen molar-refractivity contribution in [1.29, 1.82) is 0 Å². The van der Waals surface area contributed by atoms with Crippen molar-refractivity contribution in [3.05, 3.63) is 0 Å². The SMILES string of the molecule is CCCC1CCC(CC2CCC3CCC(C(C)CCC(C)C(C)CC4CCCCC4)C3C2)CC1. The van der Waals surface area contributed by atoms with Gasteiger partial charge in [0, 0.05) is 0 Å². The molecule has 4 aliphatic carbocycles. The Balaban J connectivity index is 1.19. The van der Waals surface area contributed by atoms with Crippen LogP contribution in [0.3, 0.4) is 0 Å². The van der Waals surface area contributed by atoms with Crippen LogP contribution in [0.4, 0.5) is 0 Å². The Hall–Kier alpha value is 0. The van der Waals surface area contributed by atoms with Gasteiger partial charge in [-0.25, -0.2) is 0 Å². The van der Waals surface area contributed by atoms with Gasteiger partial charge in [0.1, 0.15) is 0 Å². The molecule has 4 rings (SSSR count). The minimum absolute atomic E-state index is 0.934. The molecule has 34 heavy (non-hydrogen) atoms. The lowest BCUT2D eigenvalue weighted by atomic mass is 9.66. The van der Waals surface area contributed by atoms with E-state index in [1.165, 1.54) is 64.2 Å². The van der Waals surface area contributed by atoms with Crippen LogP contribution in [0.15, 0.2) is 0 Å². The summed E-state index contributed by atoms with van der Waals surface area (Å²) < 4.78 is 0. The lowest BCUT2D eigenvalue weighted by Gasteiger charge is -2.39. The molecule has 4 aliphatic rings. The van der Waals surface area contributed by atoms with E-state index in [1.54, 1.807) is 64.2 Å². The first-order valence-electron chi connectivity index (χ1n) is 16.5. The van der Waals surface area contributed by atoms with Gasteiger partial charge in [-0.05, 0) is 97.7 Å². The Morgan fingerprint density at radius 1 is 0.618 bits per heavy atom. The fraction of sp³-hybridized carbons (Fsp3) is 1.00. The van der Waals surface area contributed by atoms with Gasteiger partial charge in [0.2, 0.25) is 0 Å². The van der Waals surface area contributed by atoms with Gasteiger partial charge in [0.15, 0.2) is 0 Å². The Morgan fingerprint density at radius 2 is 1.29 bits per heavy atom. The number of fused-ring (bicyclic) bond motifs is 1. The molecule has 0 aromatic rings. The van der Waals surface area contributed by atoms with Crippen LogP contribution in [0.2, 0.25) is 0 Å². The predicted octanol–water partition coefficient (Wildman–Crippen LogP) is 11.1. The molecule has 0 heterocycles. The summed E-state index contributed by atoms with van der Waals surface area (Å²) in [5.74, 6) is 10.4. The van der Waals surface area contributed by atoms with Crippen molar-refractivity contribution in [1.82, 2.24) is 0 Å². The largest absolute Gasteiger partial charge is 0.0654 e. The van der Waals surface area contributed by atoms with E-state index in [0.717, 1.165) is 59.2 Å². The predicted molar refractivity (Wildman–Crippen MR) is 150 cm³/mol. The van der Waals surface area contributed by atoms with Crippen LogP contribution in [-0.2, 0) is 0 Å². The number of hydrogen-bond donors (Lipinski definition) is 0. The van der Waals surface area contributed by atoms with E-state index in [0.29, 0.717) is 0 Å². The zero-order chi connectivity index (χ0) is 23.9. The molecule has 0 radical (unpaired) electrons. The molecule has 0 aromatic heterocycles. The molecule has 0 N–H and O–H groups in total. The molecule has 0 heteroatoms. The molecule has 0 aromatic carbocycles. The van der Waals surface area contributed by atoms with E-state index in [1.807, 2.05) is 0 Å². The smallest absolute Gasteiger partial charge is 0.0352 e. The third kappa shape index (κ3) is 7.51. The van der Waals surface area contributed by atoms with Gasteiger partial charge in [-0.15, -0.1) is 0 Å². The first-order valence-corrected chi connectivity index (χ1v) is 16.5. The maximum absolute atomic E-state index is 2.66. The molecule has 0 saturated heterocycles. The second-order valence-electron chi connectivity index (χ2n) is 14.5. The Morgan fingerprint density at radius 3 is 2.03 bits per heavy atom. The Kier molecular flexibility index (Phi) is 10.8. The van der Waals surface area contributed by atoms with Crippen LogP contribution in [0.5, 0.6) is 0 Å². The van der Waals surface area contributed by atoms with E-state index in [9.17, 15) is 0 Å². The molecule has 198 valence electrons. The van der Waals surface area contributed by atoms with E-state index < -0.39 is 0 Å². The molecule has 0 nitrogen and oxygen atoms in total. The van der Waals surface area contributed by atoms with Gasteiger partial charge in [-0.2, -0.15) is 0 Å². The third-order valence-electron chi connectivity index (χ3n) is 12.1. The zero-order valence-electron chi connectivity index (χ0n) is 23.9. The van der Waals surface area contributed by atoms with Gasteiger partial charge in [0.05, 0.1) is 0 Å².